The third kappa shape index (κ3) is 3.55. The minimum absolute atomic E-state index is 0.0160. The van der Waals surface area contributed by atoms with Crippen LogP contribution in [0.2, 0.25) is 0 Å². The summed E-state index contributed by atoms with van der Waals surface area (Å²) in [5.41, 5.74) is 8.16. The molecule has 118 valence electrons. The van der Waals surface area contributed by atoms with Crippen molar-refractivity contribution in [2.45, 2.75) is 13.1 Å². The fourth-order valence-electron chi connectivity index (χ4n) is 2.31. The molecule has 22 heavy (non-hydrogen) atoms. The van der Waals surface area contributed by atoms with E-state index >= 15 is 0 Å². The summed E-state index contributed by atoms with van der Waals surface area (Å²) in [6.07, 6.45) is 0. The Bertz CT molecular complexity index is 675. The zero-order valence-corrected chi connectivity index (χ0v) is 13.4. The SMILES string of the molecule is COc1ccc(-c2ccc(CN)c(=O)n2CCN(C)C)cc1. The molecule has 0 radical (unpaired) electrons. The van der Waals surface area contributed by atoms with Crippen LogP contribution in [-0.4, -0.2) is 37.2 Å². The number of pyridine rings is 1. The van der Waals surface area contributed by atoms with Crippen LogP contribution in [0.3, 0.4) is 0 Å². The number of nitrogens with zero attached hydrogens (tertiary/aromatic N) is 2. The predicted molar refractivity (Wildman–Crippen MR) is 89.1 cm³/mol. The number of benzene rings is 1. The van der Waals surface area contributed by atoms with Gasteiger partial charge in [-0.2, -0.15) is 0 Å². The number of ether oxygens (including phenoxy) is 1. The van der Waals surface area contributed by atoms with Crippen LogP contribution in [0.25, 0.3) is 11.3 Å². The van der Waals surface area contributed by atoms with Crippen molar-refractivity contribution in [2.24, 2.45) is 5.73 Å². The Hall–Kier alpha value is -2.11. The zero-order valence-electron chi connectivity index (χ0n) is 13.4. The van der Waals surface area contributed by atoms with E-state index < -0.39 is 0 Å². The van der Waals surface area contributed by atoms with Gasteiger partial charge >= 0.3 is 0 Å². The second-order valence-corrected chi connectivity index (χ2v) is 5.44. The van der Waals surface area contributed by atoms with E-state index in [0.29, 0.717) is 12.1 Å². The van der Waals surface area contributed by atoms with Crippen molar-refractivity contribution < 1.29 is 4.74 Å². The van der Waals surface area contributed by atoms with Crippen LogP contribution in [0.1, 0.15) is 5.56 Å². The molecule has 0 unspecified atom stereocenters. The van der Waals surface area contributed by atoms with Gasteiger partial charge in [-0.05, 0) is 50.0 Å². The van der Waals surface area contributed by atoms with Crippen molar-refractivity contribution in [3.05, 3.63) is 52.3 Å². The Morgan fingerprint density at radius 3 is 2.36 bits per heavy atom. The molecule has 1 aromatic heterocycles. The van der Waals surface area contributed by atoms with Gasteiger partial charge in [-0.3, -0.25) is 4.79 Å². The molecular formula is C17H23N3O2. The number of hydrogen-bond donors (Lipinski definition) is 1. The molecule has 5 nitrogen and oxygen atoms in total. The van der Waals surface area contributed by atoms with Crippen molar-refractivity contribution in [2.75, 3.05) is 27.7 Å². The van der Waals surface area contributed by atoms with Gasteiger partial charge in [-0.1, -0.05) is 6.07 Å². The lowest BCUT2D eigenvalue weighted by molar-refractivity contribution is 0.381. The molecule has 0 atom stereocenters. The summed E-state index contributed by atoms with van der Waals surface area (Å²) in [6, 6.07) is 11.5. The number of methoxy groups -OCH3 is 1. The van der Waals surface area contributed by atoms with E-state index in [9.17, 15) is 4.79 Å². The average Bonchev–Trinajstić information content (AvgIpc) is 2.53. The fraction of sp³-hybridized carbons (Fsp3) is 0.353. The lowest BCUT2D eigenvalue weighted by Gasteiger charge is -2.17. The minimum Gasteiger partial charge on any atom is -0.497 e. The highest BCUT2D eigenvalue weighted by atomic mass is 16.5. The quantitative estimate of drug-likeness (QED) is 0.879. The summed E-state index contributed by atoms with van der Waals surface area (Å²) in [7, 11) is 5.62. The zero-order chi connectivity index (χ0) is 16.1. The van der Waals surface area contributed by atoms with Gasteiger partial charge in [0.05, 0.1) is 12.8 Å². The smallest absolute Gasteiger partial charge is 0.255 e. The van der Waals surface area contributed by atoms with Gasteiger partial charge in [0.2, 0.25) is 0 Å². The molecule has 2 aromatic rings. The highest BCUT2D eigenvalue weighted by molar-refractivity contribution is 5.61. The molecule has 1 heterocycles. The number of nitrogens with two attached hydrogens (primary N) is 1. The number of hydrogen-bond acceptors (Lipinski definition) is 4. The van der Waals surface area contributed by atoms with Gasteiger partial charge in [0, 0.05) is 25.2 Å². The van der Waals surface area contributed by atoms with Gasteiger partial charge < -0.3 is 19.9 Å². The second-order valence-electron chi connectivity index (χ2n) is 5.44. The average molecular weight is 301 g/mol. The van der Waals surface area contributed by atoms with Crippen molar-refractivity contribution in [3.63, 3.8) is 0 Å². The molecule has 0 aliphatic rings. The van der Waals surface area contributed by atoms with Gasteiger partial charge in [-0.15, -0.1) is 0 Å². The molecule has 0 saturated carbocycles. The van der Waals surface area contributed by atoms with Crippen molar-refractivity contribution in [3.8, 4) is 17.0 Å². The first kappa shape index (κ1) is 16.3. The Kier molecular flexibility index (Phi) is 5.35. The standard InChI is InChI=1S/C17H23N3O2/c1-19(2)10-11-20-16(9-6-14(12-18)17(20)21)13-4-7-15(22-3)8-5-13/h4-9H,10-12,18H2,1-3H3. The molecular weight excluding hydrogens is 278 g/mol. The van der Waals surface area contributed by atoms with E-state index in [2.05, 4.69) is 4.90 Å². The minimum atomic E-state index is -0.0160. The molecule has 2 N–H and O–H groups in total. The van der Waals surface area contributed by atoms with Crippen LogP contribution in [0.5, 0.6) is 5.75 Å². The number of rotatable bonds is 6. The fourth-order valence-corrected chi connectivity index (χ4v) is 2.31. The first-order valence-electron chi connectivity index (χ1n) is 7.28. The molecule has 0 fully saturated rings. The van der Waals surface area contributed by atoms with Crippen LogP contribution >= 0.6 is 0 Å². The van der Waals surface area contributed by atoms with Gasteiger partial charge in [-0.25, -0.2) is 0 Å². The number of likely N-dealkylation sites (N-methyl/N-ethyl adjacent to an activating group) is 1. The summed E-state index contributed by atoms with van der Waals surface area (Å²) in [6.45, 7) is 1.67. The number of aromatic nitrogens is 1. The Morgan fingerprint density at radius 2 is 1.82 bits per heavy atom. The summed E-state index contributed by atoms with van der Waals surface area (Å²) >= 11 is 0. The largest absolute Gasteiger partial charge is 0.497 e. The molecule has 0 bridgehead atoms. The van der Waals surface area contributed by atoms with E-state index in [-0.39, 0.29) is 12.1 Å². The lowest BCUT2D eigenvalue weighted by atomic mass is 10.1. The van der Waals surface area contributed by atoms with E-state index in [1.54, 1.807) is 11.7 Å². The maximum Gasteiger partial charge on any atom is 0.255 e. The first-order valence-corrected chi connectivity index (χ1v) is 7.28. The van der Waals surface area contributed by atoms with E-state index in [0.717, 1.165) is 23.6 Å². The first-order chi connectivity index (χ1) is 10.6. The van der Waals surface area contributed by atoms with Crippen LogP contribution in [0, 0.1) is 0 Å². The summed E-state index contributed by atoms with van der Waals surface area (Å²) in [4.78, 5) is 14.6. The van der Waals surface area contributed by atoms with Gasteiger partial charge in [0.25, 0.3) is 5.56 Å². The highest BCUT2D eigenvalue weighted by Gasteiger charge is 2.10. The highest BCUT2D eigenvalue weighted by Crippen LogP contribution is 2.21. The molecule has 0 spiro atoms. The third-order valence-corrected chi connectivity index (χ3v) is 3.63. The molecule has 1 aromatic carbocycles. The molecule has 0 aliphatic carbocycles. The van der Waals surface area contributed by atoms with E-state index in [4.69, 9.17) is 10.5 Å². The Morgan fingerprint density at radius 1 is 1.14 bits per heavy atom. The molecule has 0 aliphatic heterocycles. The Balaban J connectivity index is 2.48. The third-order valence-electron chi connectivity index (χ3n) is 3.63. The predicted octanol–water partition coefficient (Wildman–Crippen LogP) is 1.54. The molecule has 0 amide bonds. The van der Waals surface area contributed by atoms with Crippen LogP contribution in [0.15, 0.2) is 41.2 Å². The van der Waals surface area contributed by atoms with E-state index in [1.807, 2.05) is 50.5 Å². The van der Waals surface area contributed by atoms with Gasteiger partial charge in [0.1, 0.15) is 5.75 Å². The normalized spacial score (nSPS) is 11.0. The van der Waals surface area contributed by atoms with Crippen molar-refractivity contribution in [1.29, 1.82) is 0 Å². The van der Waals surface area contributed by atoms with Crippen molar-refractivity contribution >= 4 is 0 Å². The Labute approximate surface area is 130 Å². The summed E-state index contributed by atoms with van der Waals surface area (Å²) in [5.74, 6) is 0.796. The lowest BCUT2D eigenvalue weighted by Crippen LogP contribution is -2.30. The monoisotopic (exact) mass is 301 g/mol. The van der Waals surface area contributed by atoms with Crippen LogP contribution in [-0.2, 0) is 13.1 Å². The second kappa shape index (κ2) is 7.24. The topological polar surface area (TPSA) is 60.5 Å². The van der Waals surface area contributed by atoms with Crippen molar-refractivity contribution in [1.82, 2.24) is 9.47 Å². The van der Waals surface area contributed by atoms with Gasteiger partial charge in [0.15, 0.2) is 0 Å². The molecule has 0 saturated heterocycles. The summed E-state index contributed by atoms with van der Waals surface area (Å²) < 4.78 is 6.98. The van der Waals surface area contributed by atoms with Crippen LogP contribution < -0.4 is 16.0 Å². The maximum absolute atomic E-state index is 12.6. The van der Waals surface area contributed by atoms with Crippen LogP contribution in [0.4, 0.5) is 0 Å². The summed E-state index contributed by atoms with van der Waals surface area (Å²) in [5, 5.41) is 0. The maximum atomic E-state index is 12.6. The molecule has 2 rings (SSSR count). The molecule has 5 heteroatoms. The van der Waals surface area contributed by atoms with E-state index in [1.165, 1.54) is 0 Å².